The van der Waals surface area contributed by atoms with Crippen LogP contribution in [0.2, 0.25) is 0 Å². The highest BCUT2D eigenvalue weighted by Gasteiger charge is 2.29. The summed E-state index contributed by atoms with van der Waals surface area (Å²) in [5.41, 5.74) is 8.32. The molecule has 3 aromatic rings. The number of nitrogens with two attached hydrogens (primary N) is 1. The maximum Gasteiger partial charge on any atom is 0.312 e. The summed E-state index contributed by atoms with van der Waals surface area (Å²) in [6, 6.07) is 11.4. The summed E-state index contributed by atoms with van der Waals surface area (Å²) in [5, 5.41) is 11.6. The van der Waals surface area contributed by atoms with Crippen LogP contribution in [0, 0.1) is 0 Å². The smallest absolute Gasteiger partial charge is 0.312 e. The maximum absolute atomic E-state index is 11.4. The third-order valence-electron chi connectivity index (χ3n) is 6.03. The van der Waals surface area contributed by atoms with Gasteiger partial charge in [0.15, 0.2) is 5.65 Å². The van der Waals surface area contributed by atoms with E-state index in [1.54, 1.807) is 0 Å². The van der Waals surface area contributed by atoms with E-state index in [1.165, 1.54) is 19.3 Å². The predicted molar refractivity (Wildman–Crippen MR) is 114 cm³/mol. The van der Waals surface area contributed by atoms with E-state index in [0.717, 1.165) is 54.4 Å². The molecule has 5 rings (SSSR count). The second-order valence-electron chi connectivity index (χ2n) is 8.01. The predicted octanol–water partition coefficient (Wildman–Crippen LogP) is 3.34. The first-order valence-corrected chi connectivity index (χ1v) is 10.6. The van der Waals surface area contributed by atoms with Gasteiger partial charge < -0.3 is 20.7 Å². The molecular formula is C22H26N6O2. The van der Waals surface area contributed by atoms with Gasteiger partial charge in [-0.1, -0.05) is 24.3 Å². The summed E-state index contributed by atoms with van der Waals surface area (Å²) >= 11 is 0. The number of piperidine rings is 1. The molecule has 1 aromatic carbocycles. The summed E-state index contributed by atoms with van der Waals surface area (Å²) in [6.45, 7) is 2.02. The Morgan fingerprint density at radius 1 is 1.03 bits per heavy atom. The van der Waals surface area contributed by atoms with E-state index in [4.69, 9.17) is 10.5 Å². The molecule has 0 bridgehead atoms. The van der Waals surface area contributed by atoms with Gasteiger partial charge in [0.25, 0.3) is 0 Å². The highest BCUT2D eigenvalue weighted by atomic mass is 16.5. The molecular weight excluding hydrogens is 380 g/mol. The summed E-state index contributed by atoms with van der Waals surface area (Å²) < 4.78 is 8.44. The zero-order valence-electron chi connectivity index (χ0n) is 16.8. The Balaban J connectivity index is 1.42. The lowest BCUT2D eigenvalue weighted by Gasteiger charge is -2.32. The standard InChI is InChI=1S/C22H26N6O2/c23-21(29)24-18-9-10-19(17-7-3-2-6-16(17)18)30-15-8-11-20-25-26-22(28(20)14-15)27-12-4-1-5-13-27/h2-3,6-8,11,14,18-19H,1,4-5,9-10,12-13H2,(H3,23,24,29)/t18-,19+/m0/s1. The minimum absolute atomic E-state index is 0.0791. The van der Waals surface area contributed by atoms with Crippen LogP contribution in [0.4, 0.5) is 10.7 Å². The van der Waals surface area contributed by atoms with E-state index >= 15 is 0 Å². The molecule has 0 spiro atoms. The molecule has 2 aromatic heterocycles. The van der Waals surface area contributed by atoms with Crippen LogP contribution < -0.4 is 20.7 Å². The molecule has 0 unspecified atom stereocenters. The number of hydrogen-bond donors (Lipinski definition) is 2. The number of fused-ring (bicyclic) bond motifs is 2. The average molecular weight is 406 g/mol. The van der Waals surface area contributed by atoms with E-state index in [9.17, 15) is 4.79 Å². The Bertz CT molecular complexity index is 1060. The Morgan fingerprint density at radius 2 is 1.83 bits per heavy atom. The van der Waals surface area contributed by atoms with Crippen molar-refractivity contribution in [1.82, 2.24) is 19.9 Å². The molecule has 2 amide bonds. The SMILES string of the molecule is NC(=O)N[C@H]1CC[C@@H](Oc2ccc3nnc(N4CCCCC4)n3c2)c2ccccc21. The van der Waals surface area contributed by atoms with Gasteiger partial charge >= 0.3 is 6.03 Å². The van der Waals surface area contributed by atoms with Crippen LogP contribution in [-0.4, -0.2) is 33.7 Å². The van der Waals surface area contributed by atoms with Crippen molar-refractivity contribution < 1.29 is 9.53 Å². The minimum Gasteiger partial charge on any atom is -0.484 e. The highest BCUT2D eigenvalue weighted by molar-refractivity contribution is 5.72. The lowest BCUT2D eigenvalue weighted by atomic mass is 9.85. The largest absolute Gasteiger partial charge is 0.484 e. The molecule has 8 nitrogen and oxygen atoms in total. The molecule has 1 aliphatic heterocycles. The van der Waals surface area contributed by atoms with E-state index in [2.05, 4.69) is 26.5 Å². The summed E-state index contributed by atoms with van der Waals surface area (Å²) in [6.07, 6.45) is 7.11. The first-order chi connectivity index (χ1) is 14.7. The van der Waals surface area contributed by atoms with Crippen molar-refractivity contribution in [2.24, 2.45) is 5.73 Å². The lowest BCUT2D eigenvalue weighted by Crippen LogP contribution is -2.36. The number of rotatable bonds is 4. The van der Waals surface area contributed by atoms with Crippen LogP contribution in [-0.2, 0) is 0 Å². The zero-order chi connectivity index (χ0) is 20.5. The normalized spacial score (nSPS) is 21.3. The van der Waals surface area contributed by atoms with Gasteiger partial charge in [-0.25, -0.2) is 4.79 Å². The molecule has 2 aliphatic rings. The van der Waals surface area contributed by atoms with Crippen LogP contribution in [0.1, 0.15) is 55.4 Å². The van der Waals surface area contributed by atoms with Crippen molar-refractivity contribution in [3.63, 3.8) is 0 Å². The molecule has 30 heavy (non-hydrogen) atoms. The fraction of sp³-hybridized carbons (Fsp3) is 0.409. The molecule has 1 fully saturated rings. The Kier molecular flexibility index (Phi) is 4.90. The number of ether oxygens (including phenoxy) is 1. The van der Waals surface area contributed by atoms with Crippen LogP contribution in [0.15, 0.2) is 42.6 Å². The molecule has 0 saturated carbocycles. The van der Waals surface area contributed by atoms with Gasteiger partial charge in [-0.3, -0.25) is 4.40 Å². The van der Waals surface area contributed by atoms with Crippen molar-refractivity contribution in [3.8, 4) is 5.75 Å². The number of hydrogen-bond acceptors (Lipinski definition) is 5. The Hall–Kier alpha value is -3.29. The van der Waals surface area contributed by atoms with Gasteiger partial charge in [0.05, 0.1) is 12.2 Å². The van der Waals surface area contributed by atoms with Crippen LogP contribution >= 0.6 is 0 Å². The van der Waals surface area contributed by atoms with Gasteiger partial charge in [-0.2, -0.15) is 0 Å². The summed E-state index contributed by atoms with van der Waals surface area (Å²) in [4.78, 5) is 13.7. The molecule has 3 N–H and O–H groups in total. The lowest BCUT2D eigenvalue weighted by molar-refractivity contribution is 0.171. The fourth-order valence-electron chi connectivity index (χ4n) is 4.60. The third kappa shape index (κ3) is 3.53. The molecule has 8 heteroatoms. The van der Waals surface area contributed by atoms with Crippen LogP contribution in [0.25, 0.3) is 5.65 Å². The van der Waals surface area contributed by atoms with Crippen LogP contribution in [0.3, 0.4) is 0 Å². The first kappa shape index (κ1) is 18.7. The second-order valence-corrected chi connectivity index (χ2v) is 8.01. The van der Waals surface area contributed by atoms with Crippen molar-refractivity contribution in [3.05, 3.63) is 53.7 Å². The number of aromatic nitrogens is 3. The van der Waals surface area contributed by atoms with E-state index in [-0.39, 0.29) is 12.1 Å². The number of benzene rings is 1. The number of carbonyl (C=O) groups excluding carboxylic acids is 1. The Morgan fingerprint density at radius 3 is 2.63 bits per heavy atom. The zero-order valence-corrected chi connectivity index (χ0v) is 16.8. The van der Waals surface area contributed by atoms with Gasteiger partial charge in [0.1, 0.15) is 11.9 Å². The van der Waals surface area contributed by atoms with Crippen molar-refractivity contribution in [2.45, 2.75) is 44.2 Å². The Labute approximate surface area is 175 Å². The van der Waals surface area contributed by atoms with E-state index in [1.807, 2.05) is 40.9 Å². The molecule has 2 atom stereocenters. The third-order valence-corrected chi connectivity index (χ3v) is 6.03. The van der Waals surface area contributed by atoms with Crippen molar-refractivity contribution in [1.29, 1.82) is 0 Å². The number of amides is 2. The van der Waals surface area contributed by atoms with Gasteiger partial charge in [-0.05, 0) is 55.4 Å². The van der Waals surface area contributed by atoms with E-state index < -0.39 is 6.03 Å². The fourth-order valence-corrected chi connectivity index (χ4v) is 4.60. The molecule has 156 valence electrons. The monoisotopic (exact) mass is 406 g/mol. The highest BCUT2D eigenvalue weighted by Crippen LogP contribution is 2.38. The average Bonchev–Trinajstić information content (AvgIpc) is 3.19. The summed E-state index contributed by atoms with van der Waals surface area (Å²) in [7, 11) is 0. The van der Waals surface area contributed by atoms with Gasteiger partial charge in [0, 0.05) is 13.1 Å². The van der Waals surface area contributed by atoms with Gasteiger partial charge in [0.2, 0.25) is 5.95 Å². The van der Waals surface area contributed by atoms with Crippen molar-refractivity contribution >= 4 is 17.6 Å². The number of carbonyl (C=O) groups is 1. The quantitative estimate of drug-likeness (QED) is 0.692. The molecule has 1 saturated heterocycles. The molecule has 1 aliphatic carbocycles. The summed E-state index contributed by atoms with van der Waals surface area (Å²) in [5.74, 6) is 1.66. The number of nitrogens with one attached hydrogen (secondary N) is 1. The number of anilines is 1. The maximum atomic E-state index is 11.4. The topological polar surface area (TPSA) is 97.8 Å². The van der Waals surface area contributed by atoms with E-state index in [0.29, 0.717) is 0 Å². The number of urea groups is 1. The van der Waals surface area contributed by atoms with Crippen molar-refractivity contribution in [2.75, 3.05) is 18.0 Å². The van der Waals surface area contributed by atoms with Gasteiger partial charge in [-0.15, -0.1) is 10.2 Å². The number of primary amides is 1. The van der Waals surface area contributed by atoms with Crippen LogP contribution in [0.5, 0.6) is 5.75 Å². The molecule has 0 radical (unpaired) electrons. The number of pyridine rings is 1. The number of nitrogens with zero attached hydrogens (tertiary/aromatic N) is 4. The molecule has 3 heterocycles. The second kappa shape index (κ2) is 7.85. The first-order valence-electron chi connectivity index (χ1n) is 10.6. The minimum atomic E-state index is -0.502.